The summed E-state index contributed by atoms with van der Waals surface area (Å²) in [4.78, 5) is 28.8. The van der Waals surface area contributed by atoms with Crippen molar-refractivity contribution in [2.24, 2.45) is 5.92 Å². The molecule has 2 aromatic carbocycles. The molecule has 34 heavy (non-hydrogen) atoms. The molecule has 0 aliphatic carbocycles. The van der Waals surface area contributed by atoms with E-state index < -0.39 is 11.8 Å². The Morgan fingerprint density at radius 1 is 0.971 bits per heavy atom. The fraction of sp³-hybridized carbons (Fsp3) is 0.208. The highest BCUT2D eigenvalue weighted by molar-refractivity contribution is 6.34. The summed E-state index contributed by atoms with van der Waals surface area (Å²) in [6.45, 7) is 1.66. The molecule has 1 fully saturated rings. The molecule has 1 aliphatic rings. The SMILES string of the molecule is O=C(Nc1ccc(F)cc1)Nc1ccc(Oc2ccnc(NC(=O)C3CCNCC3)c2)cc1Cl. The second-order valence-electron chi connectivity index (χ2n) is 7.72. The lowest BCUT2D eigenvalue weighted by atomic mass is 9.97. The molecule has 2 heterocycles. The van der Waals surface area contributed by atoms with Crippen LogP contribution >= 0.6 is 11.6 Å². The number of amides is 3. The molecule has 0 radical (unpaired) electrons. The zero-order chi connectivity index (χ0) is 23.9. The Kier molecular flexibility index (Phi) is 7.56. The van der Waals surface area contributed by atoms with Crippen molar-refractivity contribution in [3.05, 3.63) is 71.6 Å². The van der Waals surface area contributed by atoms with E-state index in [1.807, 2.05) is 0 Å². The van der Waals surface area contributed by atoms with Gasteiger partial charge in [0.15, 0.2) is 0 Å². The predicted molar refractivity (Wildman–Crippen MR) is 129 cm³/mol. The number of rotatable bonds is 6. The average molecular weight is 484 g/mol. The van der Waals surface area contributed by atoms with Crippen molar-refractivity contribution in [1.29, 1.82) is 0 Å². The van der Waals surface area contributed by atoms with E-state index in [0.29, 0.717) is 28.7 Å². The first-order valence-corrected chi connectivity index (χ1v) is 11.1. The monoisotopic (exact) mass is 483 g/mol. The van der Waals surface area contributed by atoms with Gasteiger partial charge in [0.2, 0.25) is 5.91 Å². The number of hydrogen-bond donors (Lipinski definition) is 4. The molecular formula is C24H23ClFN5O3. The average Bonchev–Trinajstić information content (AvgIpc) is 2.83. The van der Waals surface area contributed by atoms with Crippen molar-refractivity contribution in [2.75, 3.05) is 29.0 Å². The summed E-state index contributed by atoms with van der Waals surface area (Å²) in [5, 5.41) is 11.6. The molecule has 0 saturated carbocycles. The molecule has 0 bridgehead atoms. The van der Waals surface area contributed by atoms with Crippen LogP contribution in [0.5, 0.6) is 11.5 Å². The Labute approximate surface area is 200 Å². The third kappa shape index (κ3) is 6.43. The largest absolute Gasteiger partial charge is 0.457 e. The molecule has 1 aromatic heterocycles. The van der Waals surface area contributed by atoms with E-state index in [9.17, 15) is 14.0 Å². The number of anilines is 3. The lowest BCUT2D eigenvalue weighted by Gasteiger charge is -2.21. The van der Waals surface area contributed by atoms with Crippen LogP contribution in [-0.2, 0) is 4.79 Å². The third-order valence-electron chi connectivity index (χ3n) is 5.22. The molecular weight excluding hydrogens is 461 g/mol. The second-order valence-corrected chi connectivity index (χ2v) is 8.13. The van der Waals surface area contributed by atoms with Gasteiger partial charge >= 0.3 is 6.03 Å². The van der Waals surface area contributed by atoms with Gasteiger partial charge < -0.3 is 26.0 Å². The lowest BCUT2D eigenvalue weighted by Crippen LogP contribution is -2.34. The van der Waals surface area contributed by atoms with Gasteiger partial charge in [0.25, 0.3) is 0 Å². The molecule has 3 aromatic rings. The van der Waals surface area contributed by atoms with Crippen LogP contribution in [0.15, 0.2) is 60.8 Å². The van der Waals surface area contributed by atoms with Crippen molar-refractivity contribution >= 4 is 40.7 Å². The number of carbonyl (C=O) groups excluding carboxylic acids is 2. The van der Waals surface area contributed by atoms with Crippen molar-refractivity contribution in [3.8, 4) is 11.5 Å². The summed E-state index contributed by atoms with van der Waals surface area (Å²) < 4.78 is 18.8. The summed E-state index contributed by atoms with van der Waals surface area (Å²) in [5.41, 5.74) is 0.814. The number of nitrogens with zero attached hydrogens (tertiary/aromatic N) is 1. The highest BCUT2D eigenvalue weighted by Crippen LogP contribution is 2.30. The van der Waals surface area contributed by atoms with Gasteiger partial charge in [-0.3, -0.25) is 4.79 Å². The number of piperidine rings is 1. The molecule has 8 nitrogen and oxygen atoms in total. The van der Waals surface area contributed by atoms with Crippen LogP contribution < -0.4 is 26.0 Å². The number of halogens is 2. The first-order chi connectivity index (χ1) is 16.5. The zero-order valence-corrected chi connectivity index (χ0v) is 18.9. The normalized spacial score (nSPS) is 13.7. The number of carbonyl (C=O) groups is 2. The highest BCUT2D eigenvalue weighted by Gasteiger charge is 2.21. The van der Waals surface area contributed by atoms with Crippen molar-refractivity contribution in [3.63, 3.8) is 0 Å². The van der Waals surface area contributed by atoms with Crippen LogP contribution in [0.4, 0.5) is 26.4 Å². The van der Waals surface area contributed by atoms with Crippen LogP contribution in [0.2, 0.25) is 5.02 Å². The Morgan fingerprint density at radius 2 is 1.71 bits per heavy atom. The van der Waals surface area contributed by atoms with Gasteiger partial charge in [-0.05, 0) is 68.4 Å². The van der Waals surface area contributed by atoms with Crippen molar-refractivity contribution < 1.29 is 18.7 Å². The maximum atomic E-state index is 13.0. The molecule has 1 saturated heterocycles. The van der Waals surface area contributed by atoms with E-state index in [4.69, 9.17) is 16.3 Å². The number of nitrogens with one attached hydrogen (secondary N) is 4. The smallest absolute Gasteiger partial charge is 0.323 e. The molecule has 1 aliphatic heterocycles. The van der Waals surface area contributed by atoms with Crippen LogP contribution in [0, 0.1) is 11.7 Å². The number of hydrogen-bond acceptors (Lipinski definition) is 5. The standard InChI is InChI=1S/C24H23ClFN5O3/c25-20-13-18(5-6-21(20)30-24(33)29-17-3-1-16(26)2-4-17)34-19-9-12-28-22(14-19)31-23(32)15-7-10-27-11-8-15/h1-6,9,12-15,27H,7-8,10-11H2,(H,28,31,32)(H2,29,30,33). The van der Waals surface area contributed by atoms with E-state index >= 15 is 0 Å². The first-order valence-electron chi connectivity index (χ1n) is 10.7. The molecule has 0 atom stereocenters. The van der Waals surface area contributed by atoms with E-state index in [1.54, 1.807) is 36.5 Å². The fourth-order valence-corrected chi connectivity index (χ4v) is 3.69. The van der Waals surface area contributed by atoms with Gasteiger partial charge in [-0.1, -0.05) is 11.6 Å². The number of urea groups is 1. The molecule has 0 unspecified atom stereocenters. The topological polar surface area (TPSA) is 104 Å². The van der Waals surface area contributed by atoms with Gasteiger partial charge in [-0.15, -0.1) is 0 Å². The molecule has 3 amide bonds. The minimum Gasteiger partial charge on any atom is -0.457 e. The summed E-state index contributed by atoms with van der Waals surface area (Å²) >= 11 is 6.30. The van der Waals surface area contributed by atoms with Crippen molar-refractivity contribution in [1.82, 2.24) is 10.3 Å². The number of pyridine rings is 1. The van der Waals surface area contributed by atoms with Crippen LogP contribution in [0.3, 0.4) is 0 Å². The lowest BCUT2D eigenvalue weighted by molar-refractivity contribution is -0.120. The van der Waals surface area contributed by atoms with E-state index in [2.05, 4.69) is 26.3 Å². The van der Waals surface area contributed by atoms with E-state index in [1.165, 1.54) is 24.3 Å². The molecule has 0 spiro atoms. The van der Waals surface area contributed by atoms with Gasteiger partial charge in [0.1, 0.15) is 23.1 Å². The summed E-state index contributed by atoms with van der Waals surface area (Å²) in [6, 6.07) is 13.0. The minimum atomic E-state index is -0.523. The van der Waals surface area contributed by atoms with Crippen molar-refractivity contribution in [2.45, 2.75) is 12.8 Å². The number of benzene rings is 2. The van der Waals surface area contributed by atoms with Crippen LogP contribution in [0.1, 0.15) is 12.8 Å². The predicted octanol–water partition coefficient (Wildman–Crippen LogP) is 5.25. The third-order valence-corrected chi connectivity index (χ3v) is 5.53. The highest BCUT2D eigenvalue weighted by atomic mass is 35.5. The van der Waals surface area contributed by atoms with E-state index in [-0.39, 0.29) is 16.8 Å². The van der Waals surface area contributed by atoms with Gasteiger partial charge in [-0.25, -0.2) is 14.2 Å². The molecule has 4 N–H and O–H groups in total. The van der Waals surface area contributed by atoms with Gasteiger partial charge in [0, 0.05) is 29.9 Å². The Morgan fingerprint density at radius 3 is 2.44 bits per heavy atom. The maximum absolute atomic E-state index is 13.0. The number of aromatic nitrogens is 1. The molecule has 176 valence electrons. The fourth-order valence-electron chi connectivity index (χ4n) is 3.47. The Balaban J connectivity index is 1.35. The number of ether oxygens (including phenoxy) is 1. The summed E-state index contributed by atoms with van der Waals surface area (Å²) in [7, 11) is 0. The summed E-state index contributed by atoms with van der Waals surface area (Å²) in [6.07, 6.45) is 3.14. The minimum absolute atomic E-state index is 0.0354. The second kappa shape index (κ2) is 11.0. The van der Waals surface area contributed by atoms with E-state index in [0.717, 1.165) is 25.9 Å². The van der Waals surface area contributed by atoms with Crippen LogP contribution in [0.25, 0.3) is 0 Å². The quantitative estimate of drug-likeness (QED) is 0.383. The zero-order valence-electron chi connectivity index (χ0n) is 18.1. The molecule has 4 rings (SSSR count). The van der Waals surface area contributed by atoms with Gasteiger partial charge in [0.05, 0.1) is 10.7 Å². The Hall–Kier alpha value is -3.69. The van der Waals surface area contributed by atoms with Crippen LogP contribution in [-0.4, -0.2) is 30.0 Å². The Bertz CT molecular complexity index is 1170. The maximum Gasteiger partial charge on any atom is 0.323 e. The summed E-state index contributed by atoms with van der Waals surface area (Å²) in [5.74, 6) is 0.839. The molecule has 10 heteroatoms. The first kappa shape index (κ1) is 23.5. The van der Waals surface area contributed by atoms with Gasteiger partial charge in [-0.2, -0.15) is 0 Å².